The van der Waals surface area contributed by atoms with Crippen molar-refractivity contribution < 1.29 is 23.8 Å². The van der Waals surface area contributed by atoms with Crippen molar-refractivity contribution in [1.29, 1.82) is 0 Å². The van der Waals surface area contributed by atoms with E-state index < -0.39 is 11.6 Å². The van der Waals surface area contributed by atoms with Crippen molar-refractivity contribution in [2.75, 3.05) is 13.1 Å². The monoisotopic (exact) mass is 495 g/mol. The van der Waals surface area contributed by atoms with Gasteiger partial charge in [0.2, 0.25) is 0 Å². The van der Waals surface area contributed by atoms with Crippen LogP contribution in [0, 0.1) is 5.82 Å². The molecule has 0 unspecified atom stereocenters. The predicted molar refractivity (Wildman–Crippen MR) is 133 cm³/mol. The number of aliphatic carboxylic acids is 1. The Labute approximate surface area is 209 Å². The van der Waals surface area contributed by atoms with E-state index >= 15 is 0 Å². The lowest BCUT2D eigenvalue weighted by Gasteiger charge is -2.24. The average molecular weight is 496 g/mol. The fraction of sp³-hybridized carbons (Fsp3) is 0.286. The Morgan fingerprint density at radius 3 is 2.43 bits per heavy atom. The summed E-state index contributed by atoms with van der Waals surface area (Å²) in [6.45, 7) is 1.95. The second-order valence-corrected chi connectivity index (χ2v) is 9.64. The Kier molecular flexibility index (Phi) is 7.41. The number of carbonyl (C=O) groups is 2. The number of fused-ring (bicyclic) bond motifs is 1. The molecule has 1 amide bonds. The van der Waals surface area contributed by atoms with E-state index in [2.05, 4.69) is 0 Å². The number of aryl methyl sites for hydroxylation is 1. The number of hydrogen-bond donors (Lipinski definition) is 1. The zero-order chi connectivity index (χ0) is 25.0. The fourth-order valence-corrected chi connectivity index (χ4v) is 4.64. The van der Waals surface area contributed by atoms with Gasteiger partial charge in [-0.2, -0.15) is 0 Å². The van der Waals surface area contributed by atoms with Gasteiger partial charge in [0, 0.05) is 30.0 Å². The SMILES string of the molecule is C[C@@]1(Cc2ccc(F)cc2)Cc2cc(C(=O)N(CCCc3ccc(Cl)cc3)CC(=O)O)ccc2O1. The van der Waals surface area contributed by atoms with Gasteiger partial charge in [-0.05, 0) is 78.9 Å². The van der Waals surface area contributed by atoms with E-state index in [4.69, 9.17) is 16.3 Å². The highest BCUT2D eigenvalue weighted by Gasteiger charge is 2.35. The highest BCUT2D eigenvalue weighted by atomic mass is 35.5. The van der Waals surface area contributed by atoms with Crippen LogP contribution in [0.15, 0.2) is 66.7 Å². The van der Waals surface area contributed by atoms with Gasteiger partial charge in [-0.3, -0.25) is 9.59 Å². The number of carboxylic acids is 1. The molecular weight excluding hydrogens is 469 g/mol. The maximum absolute atomic E-state index is 13.2. The molecular formula is C28H27ClFNO4. The van der Waals surface area contributed by atoms with Gasteiger partial charge in [-0.1, -0.05) is 35.9 Å². The lowest BCUT2D eigenvalue weighted by molar-refractivity contribution is -0.137. The topological polar surface area (TPSA) is 66.8 Å². The van der Waals surface area contributed by atoms with Crippen molar-refractivity contribution in [2.45, 2.75) is 38.2 Å². The van der Waals surface area contributed by atoms with Crippen molar-refractivity contribution in [3.8, 4) is 5.75 Å². The molecule has 5 nitrogen and oxygen atoms in total. The lowest BCUT2D eigenvalue weighted by Crippen LogP contribution is -2.36. The summed E-state index contributed by atoms with van der Waals surface area (Å²) in [4.78, 5) is 26.0. The lowest BCUT2D eigenvalue weighted by atomic mass is 9.91. The van der Waals surface area contributed by atoms with Crippen LogP contribution in [-0.2, 0) is 24.1 Å². The molecule has 0 aliphatic carbocycles. The van der Waals surface area contributed by atoms with Crippen LogP contribution in [0.5, 0.6) is 5.75 Å². The number of benzene rings is 3. The summed E-state index contributed by atoms with van der Waals surface area (Å²) in [5.41, 5.74) is 2.86. The molecule has 0 radical (unpaired) electrons. The van der Waals surface area contributed by atoms with Gasteiger partial charge < -0.3 is 14.7 Å². The molecule has 35 heavy (non-hydrogen) atoms. The van der Waals surface area contributed by atoms with Gasteiger partial charge in [0.25, 0.3) is 5.91 Å². The summed E-state index contributed by atoms with van der Waals surface area (Å²) >= 11 is 5.93. The third-order valence-corrected chi connectivity index (χ3v) is 6.39. The Hall–Kier alpha value is -3.38. The van der Waals surface area contributed by atoms with Crippen molar-refractivity contribution in [3.05, 3.63) is 99.8 Å². The number of hydrogen-bond acceptors (Lipinski definition) is 3. The number of carboxylic acid groups (broad SMARTS) is 1. The van der Waals surface area contributed by atoms with E-state index in [0.717, 1.165) is 16.7 Å². The number of carbonyl (C=O) groups excluding carboxylic acids is 1. The van der Waals surface area contributed by atoms with Crippen LogP contribution in [0.25, 0.3) is 0 Å². The molecule has 0 aromatic heterocycles. The molecule has 182 valence electrons. The molecule has 1 aliphatic rings. The smallest absolute Gasteiger partial charge is 0.323 e. The Bertz CT molecular complexity index is 1210. The van der Waals surface area contributed by atoms with Crippen LogP contribution < -0.4 is 4.74 Å². The van der Waals surface area contributed by atoms with Crippen LogP contribution in [-0.4, -0.2) is 40.6 Å². The first-order chi connectivity index (χ1) is 16.7. The second kappa shape index (κ2) is 10.5. The number of nitrogens with zero attached hydrogens (tertiary/aromatic N) is 1. The van der Waals surface area contributed by atoms with Gasteiger partial charge in [0.1, 0.15) is 23.7 Å². The molecule has 0 bridgehead atoms. The fourth-order valence-electron chi connectivity index (χ4n) is 4.51. The summed E-state index contributed by atoms with van der Waals surface area (Å²) in [5, 5.41) is 10.0. The van der Waals surface area contributed by atoms with Crippen LogP contribution >= 0.6 is 11.6 Å². The Morgan fingerprint density at radius 2 is 1.74 bits per heavy atom. The first-order valence-electron chi connectivity index (χ1n) is 11.5. The summed E-state index contributed by atoms with van der Waals surface area (Å²) in [6.07, 6.45) is 2.53. The van der Waals surface area contributed by atoms with Gasteiger partial charge in [-0.25, -0.2) is 4.39 Å². The van der Waals surface area contributed by atoms with Gasteiger partial charge >= 0.3 is 5.97 Å². The van der Waals surface area contributed by atoms with Crippen molar-refractivity contribution in [1.82, 2.24) is 4.90 Å². The van der Waals surface area contributed by atoms with E-state index in [9.17, 15) is 19.1 Å². The minimum absolute atomic E-state index is 0.281. The number of amides is 1. The third kappa shape index (κ3) is 6.40. The number of ether oxygens (including phenoxy) is 1. The summed E-state index contributed by atoms with van der Waals surface area (Å²) in [5.74, 6) is -0.949. The molecule has 4 rings (SSSR count). The van der Waals surface area contributed by atoms with Crippen molar-refractivity contribution in [2.24, 2.45) is 0 Å². The predicted octanol–water partition coefficient (Wildman–Crippen LogP) is 5.58. The zero-order valence-electron chi connectivity index (χ0n) is 19.5. The van der Waals surface area contributed by atoms with Crippen LogP contribution in [0.1, 0.15) is 40.4 Å². The normalized spacial score (nSPS) is 16.4. The molecule has 1 aliphatic heterocycles. The molecule has 7 heteroatoms. The molecule has 3 aromatic carbocycles. The quantitative estimate of drug-likeness (QED) is 0.421. The first kappa shape index (κ1) is 24.7. The van der Waals surface area contributed by atoms with E-state index in [0.29, 0.717) is 48.6 Å². The van der Waals surface area contributed by atoms with Gasteiger partial charge in [0.05, 0.1) is 0 Å². The molecule has 3 aromatic rings. The van der Waals surface area contributed by atoms with Crippen LogP contribution in [0.3, 0.4) is 0 Å². The minimum Gasteiger partial charge on any atom is -0.487 e. The standard InChI is InChI=1S/C28H27ClFNO4/c1-28(16-20-6-11-24(30)12-7-20)17-22-15-21(8-13-25(22)35-28)27(34)31(18-26(32)33)14-2-3-19-4-9-23(29)10-5-19/h4-13,15H,2-3,14,16-18H2,1H3,(H,32,33)/t28-/m1/s1. The Morgan fingerprint density at radius 1 is 1.06 bits per heavy atom. The largest absolute Gasteiger partial charge is 0.487 e. The average Bonchev–Trinajstić information content (AvgIpc) is 3.15. The van der Waals surface area contributed by atoms with E-state index in [1.807, 2.05) is 31.2 Å². The zero-order valence-corrected chi connectivity index (χ0v) is 20.2. The summed E-state index contributed by atoms with van der Waals surface area (Å²) in [7, 11) is 0. The van der Waals surface area contributed by atoms with Gasteiger partial charge in [0.15, 0.2) is 0 Å². The summed E-state index contributed by atoms with van der Waals surface area (Å²) < 4.78 is 19.4. The maximum atomic E-state index is 13.2. The highest BCUT2D eigenvalue weighted by molar-refractivity contribution is 6.30. The minimum atomic E-state index is -1.05. The maximum Gasteiger partial charge on any atom is 0.323 e. The van der Waals surface area contributed by atoms with Gasteiger partial charge in [-0.15, -0.1) is 0 Å². The molecule has 1 N–H and O–H groups in total. The molecule has 1 heterocycles. The van der Waals surface area contributed by atoms with E-state index in [1.165, 1.54) is 17.0 Å². The summed E-state index contributed by atoms with van der Waals surface area (Å²) in [6, 6.07) is 19.1. The molecule has 0 saturated carbocycles. The van der Waals surface area contributed by atoms with Crippen molar-refractivity contribution in [3.63, 3.8) is 0 Å². The third-order valence-electron chi connectivity index (χ3n) is 6.14. The van der Waals surface area contributed by atoms with Crippen LogP contribution in [0.2, 0.25) is 5.02 Å². The Balaban J connectivity index is 1.43. The first-order valence-corrected chi connectivity index (χ1v) is 11.9. The molecule has 1 atom stereocenters. The number of rotatable bonds is 9. The highest BCUT2D eigenvalue weighted by Crippen LogP contribution is 2.37. The molecule has 0 saturated heterocycles. The number of halogens is 2. The van der Waals surface area contributed by atoms with E-state index in [-0.39, 0.29) is 18.3 Å². The molecule has 0 spiro atoms. The molecule has 0 fully saturated rings. The second-order valence-electron chi connectivity index (χ2n) is 9.20. The van der Waals surface area contributed by atoms with Crippen molar-refractivity contribution >= 4 is 23.5 Å². The van der Waals surface area contributed by atoms with Crippen LogP contribution in [0.4, 0.5) is 4.39 Å². The van der Waals surface area contributed by atoms with E-state index in [1.54, 1.807) is 30.3 Å².